The van der Waals surface area contributed by atoms with Crippen molar-refractivity contribution in [3.63, 3.8) is 0 Å². The Labute approximate surface area is 58.6 Å². The van der Waals surface area contributed by atoms with E-state index in [-0.39, 0.29) is 6.04 Å². The number of hydrogen-bond donors (Lipinski definition) is 2. The van der Waals surface area contributed by atoms with E-state index in [1.165, 1.54) is 0 Å². The molecule has 1 amide bonds. The first-order valence-electron chi connectivity index (χ1n) is 2.97. The molecule has 0 aliphatic heterocycles. The zero-order chi connectivity index (χ0) is 7.40. The molecule has 1 radical (unpaired) electrons. The van der Waals surface area contributed by atoms with Gasteiger partial charge in [0, 0.05) is 6.20 Å². The fourth-order valence-corrected chi connectivity index (χ4v) is 0.675. The van der Waals surface area contributed by atoms with Gasteiger partial charge in [0.1, 0.15) is 0 Å². The molecule has 0 aliphatic rings. The van der Waals surface area contributed by atoms with E-state index in [2.05, 4.69) is 15.5 Å². The maximum atomic E-state index is 9.84. The Balaban J connectivity index is 2.58. The summed E-state index contributed by atoms with van der Waals surface area (Å²) >= 11 is 0. The van der Waals surface area contributed by atoms with Gasteiger partial charge in [0.05, 0.1) is 11.7 Å². The van der Waals surface area contributed by atoms with Crippen molar-refractivity contribution in [2.24, 2.45) is 0 Å². The molecular weight excluding hydrogens is 130 g/mol. The Kier molecular flexibility index (Phi) is 2.04. The molecule has 1 rings (SSSR count). The minimum Gasteiger partial charge on any atom is -0.340 e. The highest BCUT2D eigenvalue weighted by atomic mass is 16.1. The molecule has 4 nitrogen and oxygen atoms in total. The van der Waals surface area contributed by atoms with Crippen molar-refractivity contribution in [2.75, 3.05) is 0 Å². The highest BCUT2D eigenvalue weighted by Crippen LogP contribution is 2.04. The molecular formula is C6H8N3O. The number of rotatable bonds is 3. The number of amides is 1. The Bertz CT molecular complexity index is 195. The summed E-state index contributed by atoms with van der Waals surface area (Å²) in [5, 5.41) is 8.98. The average Bonchev–Trinajstić information content (AvgIpc) is 2.38. The van der Waals surface area contributed by atoms with Gasteiger partial charge in [-0.1, -0.05) is 0 Å². The van der Waals surface area contributed by atoms with Crippen molar-refractivity contribution in [3.05, 3.63) is 18.0 Å². The Morgan fingerprint density at radius 1 is 1.90 bits per heavy atom. The third-order valence-corrected chi connectivity index (χ3v) is 1.24. The van der Waals surface area contributed by atoms with E-state index >= 15 is 0 Å². The number of nitrogens with zero attached hydrogens (tertiary/aromatic N) is 1. The van der Waals surface area contributed by atoms with Gasteiger partial charge in [-0.3, -0.25) is 9.89 Å². The van der Waals surface area contributed by atoms with Crippen LogP contribution in [0.1, 0.15) is 18.7 Å². The zero-order valence-electron chi connectivity index (χ0n) is 5.59. The van der Waals surface area contributed by atoms with E-state index in [0.29, 0.717) is 0 Å². The molecule has 1 heterocycles. The largest absolute Gasteiger partial charge is 0.340 e. The number of nitrogens with one attached hydrogen (secondary N) is 2. The number of hydrogen-bond acceptors (Lipinski definition) is 2. The second-order valence-electron chi connectivity index (χ2n) is 1.97. The number of aromatic amines is 1. The van der Waals surface area contributed by atoms with Crippen molar-refractivity contribution in [1.29, 1.82) is 0 Å². The van der Waals surface area contributed by atoms with Gasteiger partial charge in [-0.05, 0) is 13.0 Å². The summed E-state index contributed by atoms with van der Waals surface area (Å²) in [6.07, 6.45) is 3.31. The molecule has 2 N–H and O–H groups in total. The van der Waals surface area contributed by atoms with Crippen LogP contribution < -0.4 is 5.32 Å². The van der Waals surface area contributed by atoms with Crippen molar-refractivity contribution < 1.29 is 4.79 Å². The fourth-order valence-electron chi connectivity index (χ4n) is 0.675. The van der Waals surface area contributed by atoms with Crippen molar-refractivity contribution in [3.8, 4) is 0 Å². The predicted octanol–water partition coefficient (Wildman–Crippen LogP) is 0.128. The maximum absolute atomic E-state index is 9.84. The molecule has 10 heavy (non-hydrogen) atoms. The highest BCUT2D eigenvalue weighted by Gasteiger charge is 2.03. The lowest BCUT2D eigenvalue weighted by Crippen LogP contribution is -2.16. The summed E-state index contributed by atoms with van der Waals surface area (Å²) in [5.41, 5.74) is 0.809. The van der Waals surface area contributed by atoms with Crippen molar-refractivity contribution >= 4 is 6.41 Å². The van der Waals surface area contributed by atoms with Crippen LogP contribution in [0, 0.1) is 0 Å². The summed E-state index contributed by atoms with van der Waals surface area (Å²) in [4.78, 5) is 9.84. The van der Waals surface area contributed by atoms with E-state index in [4.69, 9.17) is 0 Å². The van der Waals surface area contributed by atoms with Crippen LogP contribution in [-0.2, 0) is 4.79 Å². The topological polar surface area (TPSA) is 57.8 Å². The molecule has 0 saturated carbocycles. The van der Waals surface area contributed by atoms with Crippen LogP contribution in [0.25, 0.3) is 0 Å². The quantitative estimate of drug-likeness (QED) is 0.583. The summed E-state index contributed by atoms with van der Waals surface area (Å²) in [7, 11) is 0. The SMILES string of the molecule is CC(N[C]=O)c1cc[nH]n1. The van der Waals surface area contributed by atoms with Crippen LogP contribution in [0.2, 0.25) is 0 Å². The third kappa shape index (κ3) is 1.34. The van der Waals surface area contributed by atoms with Crippen LogP contribution in [0.3, 0.4) is 0 Å². The second kappa shape index (κ2) is 3.00. The molecule has 0 aliphatic carbocycles. The van der Waals surface area contributed by atoms with Gasteiger partial charge < -0.3 is 5.32 Å². The van der Waals surface area contributed by atoms with E-state index in [1.54, 1.807) is 18.7 Å². The molecule has 1 atom stereocenters. The monoisotopic (exact) mass is 138 g/mol. The lowest BCUT2D eigenvalue weighted by Gasteiger charge is -2.03. The van der Waals surface area contributed by atoms with E-state index < -0.39 is 0 Å². The molecule has 0 fully saturated rings. The minimum absolute atomic E-state index is 0.0660. The predicted molar refractivity (Wildman–Crippen MR) is 35.8 cm³/mol. The van der Waals surface area contributed by atoms with Crippen molar-refractivity contribution in [1.82, 2.24) is 15.5 Å². The van der Waals surface area contributed by atoms with Gasteiger partial charge in [0.25, 0.3) is 0 Å². The molecule has 0 saturated heterocycles. The molecule has 1 aromatic rings. The van der Waals surface area contributed by atoms with Crippen LogP contribution >= 0.6 is 0 Å². The normalized spacial score (nSPS) is 12.5. The number of H-pyrrole nitrogens is 1. The molecule has 0 aromatic carbocycles. The number of aromatic nitrogens is 2. The smallest absolute Gasteiger partial charge is 0.309 e. The summed E-state index contributed by atoms with van der Waals surface area (Å²) in [6.45, 7) is 1.83. The van der Waals surface area contributed by atoms with E-state index in [9.17, 15) is 4.79 Å². The van der Waals surface area contributed by atoms with Crippen LogP contribution in [0.5, 0.6) is 0 Å². The maximum Gasteiger partial charge on any atom is 0.309 e. The molecule has 1 unspecified atom stereocenters. The Hall–Kier alpha value is -1.32. The standard InChI is InChI=1S/C6H8N3O/c1-5(7-4-10)6-2-3-8-9-6/h2-3,5H,1H3,(H,7,10)(H,8,9). The Morgan fingerprint density at radius 2 is 2.70 bits per heavy atom. The van der Waals surface area contributed by atoms with Gasteiger partial charge in [0.15, 0.2) is 0 Å². The summed E-state index contributed by atoms with van der Waals surface area (Å²) < 4.78 is 0. The van der Waals surface area contributed by atoms with E-state index in [0.717, 1.165) is 5.69 Å². The third-order valence-electron chi connectivity index (χ3n) is 1.24. The molecule has 4 heteroatoms. The highest BCUT2D eigenvalue weighted by molar-refractivity contribution is 5.48. The van der Waals surface area contributed by atoms with Gasteiger partial charge in [0.2, 0.25) is 0 Å². The van der Waals surface area contributed by atoms with Crippen LogP contribution in [0.15, 0.2) is 12.3 Å². The van der Waals surface area contributed by atoms with Crippen LogP contribution in [0.4, 0.5) is 0 Å². The molecule has 1 aromatic heterocycles. The second-order valence-corrected chi connectivity index (χ2v) is 1.97. The van der Waals surface area contributed by atoms with Gasteiger partial charge in [-0.25, -0.2) is 0 Å². The zero-order valence-corrected chi connectivity index (χ0v) is 5.59. The Morgan fingerprint density at radius 3 is 3.20 bits per heavy atom. The first-order chi connectivity index (χ1) is 4.84. The summed E-state index contributed by atoms with van der Waals surface area (Å²) in [5.74, 6) is 0. The van der Waals surface area contributed by atoms with Gasteiger partial charge >= 0.3 is 6.41 Å². The first kappa shape index (κ1) is 6.80. The lowest BCUT2D eigenvalue weighted by molar-refractivity contribution is 0.527. The molecule has 0 bridgehead atoms. The lowest BCUT2D eigenvalue weighted by atomic mass is 10.2. The van der Waals surface area contributed by atoms with Crippen LogP contribution in [-0.4, -0.2) is 16.6 Å². The van der Waals surface area contributed by atoms with Gasteiger partial charge in [-0.15, -0.1) is 0 Å². The number of carbonyl (C=O) groups excluding carboxylic acids is 1. The average molecular weight is 138 g/mol. The first-order valence-corrected chi connectivity index (χ1v) is 2.97. The summed E-state index contributed by atoms with van der Waals surface area (Å²) in [6, 6.07) is 1.73. The minimum atomic E-state index is -0.0660. The van der Waals surface area contributed by atoms with Gasteiger partial charge in [-0.2, -0.15) is 5.10 Å². The van der Waals surface area contributed by atoms with Crippen molar-refractivity contribution in [2.45, 2.75) is 13.0 Å². The molecule has 0 spiro atoms. The van der Waals surface area contributed by atoms with E-state index in [1.807, 2.05) is 6.92 Å². The molecule has 53 valence electrons. The fraction of sp³-hybridized carbons (Fsp3) is 0.333.